The van der Waals surface area contributed by atoms with Crippen molar-refractivity contribution in [2.24, 2.45) is 0 Å². The fraction of sp³-hybridized carbons (Fsp3) is 0.400. The maximum atomic E-state index is 12.5. The number of amides is 1. The van der Waals surface area contributed by atoms with Gasteiger partial charge in [-0.2, -0.15) is 0 Å². The number of ketones is 1. The Hall–Kier alpha value is -3.16. The molecule has 1 aliphatic heterocycles. The van der Waals surface area contributed by atoms with E-state index >= 15 is 0 Å². The molecule has 0 radical (unpaired) electrons. The first-order chi connectivity index (χ1) is 13.4. The minimum Gasteiger partial charge on any atom is -0.482 e. The molecule has 0 N–H and O–H groups in total. The van der Waals surface area contributed by atoms with Gasteiger partial charge in [-0.1, -0.05) is 5.16 Å². The number of aryl methyl sites for hydroxylation is 2. The molecule has 1 amide bonds. The maximum Gasteiger partial charge on any atom is 0.306 e. The van der Waals surface area contributed by atoms with E-state index in [4.69, 9.17) is 14.0 Å². The highest BCUT2D eigenvalue weighted by Gasteiger charge is 2.28. The Morgan fingerprint density at radius 1 is 1.25 bits per heavy atom. The number of ether oxygens (including phenoxy) is 2. The van der Waals surface area contributed by atoms with Crippen LogP contribution in [0.5, 0.6) is 5.75 Å². The lowest BCUT2D eigenvalue weighted by Gasteiger charge is -2.29. The topological polar surface area (TPSA) is 98.9 Å². The quantitative estimate of drug-likeness (QED) is 0.533. The third-order valence-corrected chi connectivity index (χ3v) is 4.58. The summed E-state index contributed by atoms with van der Waals surface area (Å²) in [6.07, 6.45) is 0.0538. The van der Waals surface area contributed by atoms with E-state index in [0.717, 1.165) is 5.56 Å². The number of fused-ring (bicyclic) bond motifs is 1. The van der Waals surface area contributed by atoms with E-state index in [9.17, 15) is 14.4 Å². The zero-order chi connectivity index (χ0) is 20.3. The molecule has 3 rings (SSSR count). The molecule has 0 fully saturated rings. The minimum absolute atomic E-state index is 0.0159. The second-order valence-electron chi connectivity index (χ2n) is 6.48. The number of aromatic nitrogens is 1. The predicted octanol–water partition coefficient (Wildman–Crippen LogP) is 2.74. The van der Waals surface area contributed by atoms with Gasteiger partial charge < -0.3 is 18.9 Å². The van der Waals surface area contributed by atoms with E-state index in [2.05, 4.69) is 5.16 Å². The smallest absolute Gasteiger partial charge is 0.306 e. The van der Waals surface area contributed by atoms with Crippen molar-refractivity contribution in [1.82, 2.24) is 5.16 Å². The molecule has 0 saturated carbocycles. The van der Waals surface area contributed by atoms with Crippen molar-refractivity contribution in [1.29, 1.82) is 0 Å². The maximum absolute atomic E-state index is 12.5. The highest BCUT2D eigenvalue weighted by Crippen LogP contribution is 2.35. The molecule has 0 bridgehead atoms. The summed E-state index contributed by atoms with van der Waals surface area (Å²) in [7, 11) is 0. The van der Waals surface area contributed by atoms with Crippen molar-refractivity contribution >= 4 is 23.3 Å². The Balaban J connectivity index is 1.83. The van der Waals surface area contributed by atoms with Crippen LogP contribution in [-0.4, -0.2) is 36.0 Å². The molecule has 8 nitrogen and oxygen atoms in total. The van der Waals surface area contributed by atoms with Crippen LogP contribution in [0.1, 0.15) is 47.1 Å². The van der Waals surface area contributed by atoms with E-state index < -0.39 is 5.97 Å². The van der Waals surface area contributed by atoms with Crippen molar-refractivity contribution in [2.75, 3.05) is 18.1 Å². The van der Waals surface area contributed by atoms with E-state index in [1.165, 1.54) is 0 Å². The van der Waals surface area contributed by atoms with Crippen LogP contribution in [0.4, 0.5) is 5.69 Å². The standard InChI is InChI=1S/C20H22N2O6/c1-4-26-20(25)8-6-17(23)14-5-7-18-16(9-14)22(19(24)11-27-18)10-15-12(2)21-28-13(15)3/h5,7,9H,4,6,8,10-11H2,1-3H3. The average molecular weight is 386 g/mol. The highest BCUT2D eigenvalue weighted by atomic mass is 16.5. The van der Waals surface area contributed by atoms with E-state index in [1.807, 2.05) is 6.92 Å². The van der Waals surface area contributed by atoms with Gasteiger partial charge in [0.15, 0.2) is 12.4 Å². The van der Waals surface area contributed by atoms with Crippen molar-refractivity contribution in [3.8, 4) is 5.75 Å². The Morgan fingerprint density at radius 2 is 2.04 bits per heavy atom. The molecule has 148 valence electrons. The number of anilines is 1. The highest BCUT2D eigenvalue weighted by molar-refractivity contribution is 6.02. The first-order valence-corrected chi connectivity index (χ1v) is 9.08. The van der Waals surface area contributed by atoms with Crippen LogP contribution in [0.15, 0.2) is 22.7 Å². The van der Waals surface area contributed by atoms with Gasteiger partial charge in [-0.15, -0.1) is 0 Å². The predicted molar refractivity (Wildman–Crippen MR) is 99.3 cm³/mol. The number of Topliss-reactive ketones (excluding diaryl/α,β-unsaturated/α-hetero) is 1. The zero-order valence-electron chi connectivity index (χ0n) is 16.1. The van der Waals surface area contributed by atoms with Crippen molar-refractivity contribution in [2.45, 2.75) is 40.2 Å². The van der Waals surface area contributed by atoms with E-state index in [1.54, 1.807) is 36.9 Å². The summed E-state index contributed by atoms with van der Waals surface area (Å²) in [5, 5.41) is 3.92. The lowest BCUT2D eigenvalue weighted by atomic mass is 10.0. The third kappa shape index (κ3) is 4.05. The minimum atomic E-state index is -0.410. The number of benzene rings is 1. The molecule has 0 unspecified atom stereocenters. The molecule has 0 saturated heterocycles. The van der Waals surface area contributed by atoms with Crippen LogP contribution in [0.25, 0.3) is 0 Å². The summed E-state index contributed by atoms with van der Waals surface area (Å²) in [4.78, 5) is 38.0. The second kappa shape index (κ2) is 8.24. The lowest BCUT2D eigenvalue weighted by molar-refractivity contribution is -0.143. The Labute approximate surface area is 162 Å². The van der Waals surface area contributed by atoms with Gasteiger partial charge in [0.25, 0.3) is 5.91 Å². The molecule has 28 heavy (non-hydrogen) atoms. The van der Waals surface area contributed by atoms with Gasteiger partial charge >= 0.3 is 5.97 Å². The number of nitrogens with zero attached hydrogens (tertiary/aromatic N) is 2. The van der Waals surface area contributed by atoms with E-state index in [-0.39, 0.29) is 44.3 Å². The first kappa shape index (κ1) is 19.6. The molecular formula is C20H22N2O6. The van der Waals surface area contributed by atoms with Crippen LogP contribution in [-0.2, 0) is 20.9 Å². The second-order valence-corrected chi connectivity index (χ2v) is 6.48. The summed E-state index contributed by atoms with van der Waals surface area (Å²) < 4.78 is 15.5. The summed E-state index contributed by atoms with van der Waals surface area (Å²) in [5.74, 6) is 0.329. The monoisotopic (exact) mass is 386 g/mol. The average Bonchev–Trinajstić information content (AvgIpc) is 3.00. The molecule has 0 atom stereocenters. The van der Waals surface area contributed by atoms with Crippen LogP contribution in [0.3, 0.4) is 0 Å². The van der Waals surface area contributed by atoms with Gasteiger partial charge in [0.05, 0.1) is 31.0 Å². The Morgan fingerprint density at radius 3 is 2.71 bits per heavy atom. The number of carbonyl (C=O) groups excluding carboxylic acids is 3. The molecule has 8 heteroatoms. The largest absolute Gasteiger partial charge is 0.482 e. The molecule has 2 aromatic rings. The fourth-order valence-electron chi connectivity index (χ4n) is 3.03. The van der Waals surface area contributed by atoms with Crippen molar-refractivity contribution in [3.63, 3.8) is 0 Å². The molecule has 1 aromatic carbocycles. The first-order valence-electron chi connectivity index (χ1n) is 9.08. The molecular weight excluding hydrogens is 364 g/mol. The van der Waals surface area contributed by atoms with Gasteiger partial charge in [-0.25, -0.2) is 0 Å². The summed E-state index contributed by atoms with van der Waals surface area (Å²) >= 11 is 0. The van der Waals surface area contributed by atoms with Crippen LogP contribution >= 0.6 is 0 Å². The van der Waals surface area contributed by atoms with Gasteiger partial charge in [0.2, 0.25) is 0 Å². The molecule has 2 heterocycles. The van der Waals surface area contributed by atoms with Crippen LogP contribution in [0, 0.1) is 13.8 Å². The van der Waals surface area contributed by atoms with Gasteiger partial charge in [0.1, 0.15) is 11.5 Å². The SMILES string of the molecule is CCOC(=O)CCC(=O)c1ccc2c(c1)N(Cc1c(C)noc1C)C(=O)CO2. The summed E-state index contributed by atoms with van der Waals surface area (Å²) in [6, 6.07) is 4.92. The fourth-order valence-corrected chi connectivity index (χ4v) is 3.03. The number of rotatable bonds is 7. The van der Waals surface area contributed by atoms with Crippen LogP contribution < -0.4 is 9.64 Å². The van der Waals surface area contributed by atoms with Gasteiger partial charge in [-0.05, 0) is 39.0 Å². The van der Waals surface area contributed by atoms with Crippen molar-refractivity contribution < 1.29 is 28.4 Å². The number of esters is 1. The molecule has 0 aliphatic carbocycles. The number of carbonyl (C=O) groups is 3. The summed E-state index contributed by atoms with van der Waals surface area (Å²) in [5.41, 5.74) is 2.45. The zero-order valence-corrected chi connectivity index (χ0v) is 16.1. The third-order valence-electron chi connectivity index (χ3n) is 4.58. The molecule has 1 aliphatic rings. The molecule has 1 aromatic heterocycles. The molecule has 0 spiro atoms. The normalized spacial score (nSPS) is 13.1. The van der Waals surface area contributed by atoms with Crippen molar-refractivity contribution in [3.05, 3.63) is 40.8 Å². The Kier molecular flexibility index (Phi) is 5.77. The van der Waals surface area contributed by atoms with E-state index in [0.29, 0.717) is 28.5 Å². The van der Waals surface area contributed by atoms with Crippen LogP contribution in [0.2, 0.25) is 0 Å². The van der Waals surface area contributed by atoms with Gasteiger partial charge in [-0.3, -0.25) is 14.4 Å². The number of hydrogen-bond donors (Lipinski definition) is 0. The number of hydrogen-bond acceptors (Lipinski definition) is 7. The lowest BCUT2D eigenvalue weighted by Crippen LogP contribution is -2.38. The summed E-state index contributed by atoms with van der Waals surface area (Å²) in [6.45, 7) is 5.79. The van der Waals surface area contributed by atoms with Gasteiger partial charge in [0, 0.05) is 17.5 Å². The Bertz CT molecular complexity index is 898.